The summed E-state index contributed by atoms with van der Waals surface area (Å²) in [5.74, 6) is 0. The van der Waals surface area contributed by atoms with Crippen LogP contribution < -0.4 is 11.1 Å². The van der Waals surface area contributed by atoms with E-state index in [0.29, 0.717) is 0 Å². The smallest absolute Gasteiger partial charge is 0.0730 e. The second kappa shape index (κ2) is 8.79. The summed E-state index contributed by atoms with van der Waals surface area (Å²) in [7, 11) is 0. The van der Waals surface area contributed by atoms with Crippen molar-refractivity contribution in [2.45, 2.75) is 12.8 Å². The van der Waals surface area contributed by atoms with Crippen molar-refractivity contribution in [1.29, 1.82) is 0 Å². The summed E-state index contributed by atoms with van der Waals surface area (Å²) in [6, 6.07) is 16.6. The molecule has 3 N–H and O–H groups in total. The Kier molecular flexibility index (Phi) is 7.39. The third-order valence-corrected chi connectivity index (χ3v) is 3.52. The van der Waals surface area contributed by atoms with Crippen molar-refractivity contribution in [2.75, 3.05) is 18.4 Å². The van der Waals surface area contributed by atoms with Gasteiger partial charge in [0.2, 0.25) is 0 Å². The highest BCUT2D eigenvalue weighted by Gasteiger charge is 2.07. The predicted octanol–water partition coefficient (Wildman–Crippen LogP) is 4.38. The predicted molar refractivity (Wildman–Crippen MR) is 101 cm³/mol. The number of hydrogen-bond acceptors (Lipinski definition) is 3. The SMILES string of the molecule is Cl.Cl.NCCCCNc1c2ccccc2nc2ccccc12. The Morgan fingerprint density at radius 3 is 1.91 bits per heavy atom. The molecule has 0 aliphatic carbocycles. The molecule has 0 bridgehead atoms. The first-order chi connectivity index (χ1) is 9.90. The Bertz CT molecular complexity index is 677. The van der Waals surface area contributed by atoms with Gasteiger partial charge in [0, 0.05) is 17.3 Å². The van der Waals surface area contributed by atoms with Crippen LogP contribution in [0.25, 0.3) is 21.8 Å². The molecule has 0 radical (unpaired) electrons. The first-order valence-electron chi connectivity index (χ1n) is 7.11. The fourth-order valence-corrected chi connectivity index (χ4v) is 2.51. The van der Waals surface area contributed by atoms with Gasteiger partial charge in [0.05, 0.1) is 16.7 Å². The highest BCUT2D eigenvalue weighted by molar-refractivity contribution is 6.07. The first kappa shape index (κ1) is 18.5. The molecule has 22 heavy (non-hydrogen) atoms. The third-order valence-electron chi connectivity index (χ3n) is 3.52. The summed E-state index contributed by atoms with van der Waals surface area (Å²) >= 11 is 0. The maximum Gasteiger partial charge on any atom is 0.0730 e. The summed E-state index contributed by atoms with van der Waals surface area (Å²) in [6.07, 6.45) is 2.13. The molecule has 0 fully saturated rings. The van der Waals surface area contributed by atoms with Gasteiger partial charge >= 0.3 is 0 Å². The second-order valence-electron chi connectivity index (χ2n) is 4.94. The maximum absolute atomic E-state index is 5.55. The minimum atomic E-state index is 0. The van der Waals surface area contributed by atoms with Crippen LogP contribution >= 0.6 is 24.8 Å². The van der Waals surface area contributed by atoms with Crippen molar-refractivity contribution < 1.29 is 0 Å². The number of anilines is 1. The van der Waals surface area contributed by atoms with Gasteiger partial charge in [0.15, 0.2) is 0 Å². The van der Waals surface area contributed by atoms with Crippen LogP contribution in [-0.4, -0.2) is 18.1 Å². The average molecular weight is 338 g/mol. The molecule has 0 spiro atoms. The van der Waals surface area contributed by atoms with E-state index in [4.69, 9.17) is 10.7 Å². The number of unbranched alkanes of at least 4 members (excludes halogenated alkanes) is 1. The van der Waals surface area contributed by atoms with Crippen LogP contribution in [0.15, 0.2) is 48.5 Å². The van der Waals surface area contributed by atoms with Gasteiger partial charge in [-0.3, -0.25) is 0 Å². The van der Waals surface area contributed by atoms with Crippen LogP contribution in [0.1, 0.15) is 12.8 Å². The Balaban J connectivity index is 0.00000121. The average Bonchev–Trinajstić information content (AvgIpc) is 2.50. The van der Waals surface area contributed by atoms with Gasteiger partial charge in [-0.2, -0.15) is 0 Å². The molecular formula is C17H21Cl2N3. The van der Waals surface area contributed by atoms with Crippen LogP contribution in [0.2, 0.25) is 0 Å². The molecule has 5 heteroatoms. The van der Waals surface area contributed by atoms with Crippen molar-refractivity contribution in [2.24, 2.45) is 5.73 Å². The number of hydrogen-bond donors (Lipinski definition) is 2. The number of halogens is 2. The van der Waals surface area contributed by atoms with E-state index in [1.165, 1.54) is 16.5 Å². The van der Waals surface area contributed by atoms with Gasteiger partial charge in [-0.05, 0) is 31.5 Å². The molecule has 0 aliphatic heterocycles. The fraction of sp³-hybridized carbons (Fsp3) is 0.235. The number of nitrogens with two attached hydrogens (primary N) is 1. The van der Waals surface area contributed by atoms with Gasteiger partial charge in [-0.25, -0.2) is 4.98 Å². The number of rotatable bonds is 5. The Labute approximate surface area is 143 Å². The number of para-hydroxylation sites is 2. The lowest BCUT2D eigenvalue weighted by atomic mass is 10.1. The summed E-state index contributed by atoms with van der Waals surface area (Å²) < 4.78 is 0. The van der Waals surface area contributed by atoms with Crippen molar-refractivity contribution in [3.63, 3.8) is 0 Å². The van der Waals surface area contributed by atoms with E-state index in [1.807, 2.05) is 12.1 Å². The third kappa shape index (κ3) is 3.80. The van der Waals surface area contributed by atoms with E-state index in [0.717, 1.165) is 37.0 Å². The number of nitrogens with zero attached hydrogens (tertiary/aromatic N) is 1. The first-order valence-corrected chi connectivity index (χ1v) is 7.11. The lowest BCUT2D eigenvalue weighted by Crippen LogP contribution is -2.06. The van der Waals surface area contributed by atoms with Gasteiger partial charge < -0.3 is 11.1 Å². The van der Waals surface area contributed by atoms with Crippen LogP contribution in [-0.2, 0) is 0 Å². The topological polar surface area (TPSA) is 50.9 Å². The summed E-state index contributed by atoms with van der Waals surface area (Å²) in [5.41, 5.74) is 8.80. The zero-order valence-electron chi connectivity index (χ0n) is 12.3. The molecule has 2 aromatic carbocycles. The van der Waals surface area contributed by atoms with Crippen LogP contribution in [0, 0.1) is 0 Å². The number of pyridine rings is 1. The minimum Gasteiger partial charge on any atom is -0.384 e. The lowest BCUT2D eigenvalue weighted by Gasteiger charge is -2.13. The zero-order valence-corrected chi connectivity index (χ0v) is 13.9. The highest BCUT2D eigenvalue weighted by atomic mass is 35.5. The highest BCUT2D eigenvalue weighted by Crippen LogP contribution is 2.30. The van der Waals surface area contributed by atoms with Crippen molar-refractivity contribution >= 4 is 52.3 Å². The van der Waals surface area contributed by atoms with E-state index in [1.54, 1.807) is 0 Å². The molecule has 1 heterocycles. The number of benzene rings is 2. The molecule has 3 aromatic rings. The lowest BCUT2D eigenvalue weighted by molar-refractivity contribution is 0.775. The zero-order chi connectivity index (χ0) is 13.8. The van der Waals surface area contributed by atoms with Gasteiger partial charge in [-0.15, -0.1) is 24.8 Å². The van der Waals surface area contributed by atoms with Crippen molar-refractivity contribution in [3.8, 4) is 0 Å². The molecule has 0 saturated carbocycles. The fourth-order valence-electron chi connectivity index (χ4n) is 2.51. The summed E-state index contributed by atoms with van der Waals surface area (Å²) in [5, 5.41) is 5.93. The van der Waals surface area contributed by atoms with E-state index in [9.17, 15) is 0 Å². The molecular weight excluding hydrogens is 317 g/mol. The normalized spacial score (nSPS) is 10.0. The van der Waals surface area contributed by atoms with E-state index in [-0.39, 0.29) is 24.8 Å². The number of aromatic nitrogens is 1. The second-order valence-corrected chi connectivity index (χ2v) is 4.94. The van der Waals surface area contributed by atoms with Crippen LogP contribution in [0.4, 0.5) is 5.69 Å². The van der Waals surface area contributed by atoms with Crippen molar-refractivity contribution in [3.05, 3.63) is 48.5 Å². The van der Waals surface area contributed by atoms with Gasteiger partial charge in [0.1, 0.15) is 0 Å². The quantitative estimate of drug-likeness (QED) is 0.536. The van der Waals surface area contributed by atoms with Crippen LogP contribution in [0.3, 0.4) is 0 Å². The van der Waals surface area contributed by atoms with E-state index in [2.05, 4.69) is 41.7 Å². The number of fused-ring (bicyclic) bond motifs is 2. The van der Waals surface area contributed by atoms with Gasteiger partial charge in [-0.1, -0.05) is 36.4 Å². The van der Waals surface area contributed by atoms with E-state index >= 15 is 0 Å². The summed E-state index contributed by atoms with van der Waals surface area (Å²) in [4.78, 5) is 4.72. The molecule has 0 aliphatic rings. The van der Waals surface area contributed by atoms with Crippen LogP contribution in [0.5, 0.6) is 0 Å². The van der Waals surface area contributed by atoms with Gasteiger partial charge in [0.25, 0.3) is 0 Å². The minimum absolute atomic E-state index is 0. The van der Waals surface area contributed by atoms with Crippen molar-refractivity contribution in [1.82, 2.24) is 4.98 Å². The molecule has 0 atom stereocenters. The Morgan fingerprint density at radius 1 is 0.818 bits per heavy atom. The van der Waals surface area contributed by atoms with E-state index < -0.39 is 0 Å². The Morgan fingerprint density at radius 2 is 1.36 bits per heavy atom. The molecule has 0 unspecified atom stereocenters. The molecule has 0 amide bonds. The molecule has 3 rings (SSSR count). The summed E-state index contributed by atoms with van der Waals surface area (Å²) in [6.45, 7) is 1.69. The maximum atomic E-state index is 5.55. The number of nitrogens with one attached hydrogen (secondary N) is 1. The largest absolute Gasteiger partial charge is 0.384 e. The standard InChI is InChI=1S/C17H19N3.2ClH/c18-11-5-6-12-19-17-13-7-1-3-9-15(13)20-16-10-4-2-8-14(16)17;;/h1-4,7-10H,5-6,11-12,18H2,(H,19,20);2*1H. The molecule has 118 valence electrons. The molecule has 0 saturated heterocycles. The molecule has 1 aromatic heterocycles. The monoisotopic (exact) mass is 337 g/mol. The molecule has 3 nitrogen and oxygen atoms in total. The Hall–Kier alpha value is -1.55.